The molecule has 2 aromatic rings. The number of rotatable bonds is 6. The van der Waals surface area contributed by atoms with Crippen molar-refractivity contribution >= 4 is 11.9 Å². The Balaban J connectivity index is 1.69. The van der Waals surface area contributed by atoms with Crippen molar-refractivity contribution in [2.75, 3.05) is 13.2 Å². The number of hydrogen-bond acceptors (Lipinski definition) is 4. The molecule has 4 aliphatic carbocycles. The molecule has 3 N–H and O–H groups in total. The Morgan fingerprint density at radius 3 is 2.12 bits per heavy atom. The molecule has 4 aliphatic rings. The molecule has 1 amide bonds. The van der Waals surface area contributed by atoms with Crippen LogP contribution in [0.2, 0.25) is 0 Å². The van der Waals surface area contributed by atoms with Crippen molar-refractivity contribution < 1.29 is 24.5 Å². The normalized spacial score (nSPS) is 28.6. The summed E-state index contributed by atoms with van der Waals surface area (Å²) in [5.74, 6) is -3.51. The van der Waals surface area contributed by atoms with E-state index in [1.54, 1.807) is 0 Å². The fourth-order valence-electron chi connectivity index (χ4n) is 6.32. The summed E-state index contributed by atoms with van der Waals surface area (Å²) in [6.07, 6.45) is 5.20. The van der Waals surface area contributed by atoms with Gasteiger partial charge in [-0.2, -0.15) is 0 Å². The Labute approximate surface area is 187 Å². The van der Waals surface area contributed by atoms with Crippen LogP contribution in [0.3, 0.4) is 0 Å². The zero-order valence-electron chi connectivity index (χ0n) is 18.0. The van der Waals surface area contributed by atoms with E-state index in [1.165, 1.54) is 6.42 Å². The zero-order valence-corrected chi connectivity index (χ0v) is 18.0. The highest BCUT2D eigenvalue weighted by molar-refractivity contribution is 5.90. The number of aliphatic hydroxyl groups excluding tert-OH is 1. The average molecular weight is 436 g/mol. The van der Waals surface area contributed by atoms with E-state index in [4.69, 9.17) is 4.74 Å². The van der Waals surface area contributed by atoms with Gasteiger partial charge < -0.3 is 20.3 Å². The van der Waals surface area contributed by atoms with Gasteiger partial charge in [0.15, 0.2) is 0 Å². The molecule has 6 nitrogen and oxygen atoms in total. The lowest BCUT2D eigenvalue weighted by atomic mass is 9.51. The number of amides is 1. The molecule has 2 aromatic carbocycles. The second kappa shape index (κ2) is 8.34. The summed E-state index contributed by atoms with van der Waals surface area (Å²) in [6.45, 7) is -0.255. The third-order valence-corrected chi connectivity index (χ3v) is 7.49. The van der Waals surface area contributed by atoms with Crippen LogP contribution >= 0.6 is 0 Å². The molecule has 32 heavy (non-hydrogen) atoms. The van der Waals surface area contributed by atoms with Crippen molar-refractivity contribution in [3.8, 4) is 0 Å². The van der Waals surface area contributed by atoms with Crippen LogP contribution in [0.5, 0.6) is 0 Å². The minimum absolute atomic E-state index is 0.0198. The Morgan fingerprint density at radius 2 is 1.56 bits per heavy atom. The van der Waals surface area contributed by atoms with E-state index in [1.807, 2.05) is 48.5 Å². The number of carboxylic acids is 1. The van der Waals surface area contributed by atoms with Gasteiger partial charge in [-0.1, -0.05) is 67.8 Å². The number of carboxylic acid groups (broad SMARTS) is 1. The predicted molar refractivity (Wildman–Crippen MR) is 118 cm³/mol. The summed E-state index contributed by atoms with van der Waals surface area (Å²) in [4.78, 5) is 26.5. The minimum Gasteiger partial charge on any atom is -0.481 e. The van der Waals surface area contributed by atoms with Gasteiger partial charge in [0.25, 0.3) is 0 Å². The molecule has 0 aromatic heterocycles. The molecule has 2 bridgehead atoms. The number of ether oxygens (including phenoxy) is 1. The van der Waals surface area contributed by atoms with E-state index in [0.717, 1.165) is 47.9 Å². The molecule has 6 heteroatoms. The third kappa shape index (κ3) is 3.08. The zero-order chi connectivity index (χ0) is 22.3. The first kappa shape index (κ1) is 21.2. The first-order chi connectivity index (χ1) is 15.6. The molecule has 0 heterocycles. The topological polar surface area (TPSA) is 95.9 Å². The van der Waals surface area contributed by atoms with E-state index < -0.39 is 23.4 Å². The number of carbonyl (C=O) groups excluding carboxylic acids is 1. The number of aliphatic carboxylic acids is 1. The number of fused-ring (bicyclic) bond motifs is 1. The molecular weight excluding hydrogens is 406 g/mol. The Morgan fingerprint density at radius 1 is 0.969 bits per heavy atom. The van der Waals surface area contributed by atoms with Crippen molar-refractivity contribution in [2.45, 2.75) is 49.7 Å². The number of hydrogen-bond donors (Lipinski definition) is 3. The average Bonchev–Trinajstić information content (AvgIpc) is 2.83. The van der Waals surface area contributed by atoms with Crippen LogP contribution < -0.4 is 5.32 Å². The summed E-state index contributed by atoms with van der Waals surface area (Å²) in [5, 5.41) is 23.2. The molecule has 1 fully saturated rings. The Kier molecular flexibility index (Phi) is 5.51. The molecule has 1 saturated carbocycles. The fraction of sp³-hybridized carbons (Fsp3) is 0.462. The maximum Gasteiger partial charge on any atom is 0.311 e. The van der Waals surface area contributed by atoms with Crippen molar-refractivity contribution in [1.29, 1.82) is 0 Å². The van der Waals surface area contributed by atoms with Gasteiger partial charge in [-0.15, -0.1) is 0 Å². The molecule has 0 radical (unpaired) electrons. The van der Waals surface area contributed by atoms with Crippen LogP contribution in [-0.2, 0) is 19.9 Å². The lowest BCUT2D eigenvalue weighted by molar-refractivity contribution is -0.171. The van der Waals surface area contributed by atoms with E-state index in [-0.39, 0.29) is 31.1 Å². The highest BCUT2D eigenvalue weighted by Crippen LogP contribution is 2.62. The Hall–Kier alpha value is -2.70. The number of carbonyl (C=O) groups is 2. The molecular formula is C26H29NO5. The summed E-state index contributed by atoms with van der Waals surface area (Å²) in [6, 6.07) is 15.5. The second-order valence-corrected chi connectivity index (χ2v) is 9.15. The van der Waals surface area contributed by atoms with Gasteiger partial charge in [-0.05, 0) is 35.1 Å². The number of nitrogens with one attached hydrogen (secondary N) is 1. The maximum absolute atomic E-state index is 13.7. The minimum atomic E-state index is -1.33. The lowest BCUT2D eigenvalue weighted by Crippen LogP contribution is -2.60. The van der Waals surface area contributed by atoms with Gasteiger partial charge in [0.2, 0.25) is 5.91 Å². The van der Waals surface area contributed by atoms with Crippen LogP contribution in [0.4, 0.5) is 0 Å². The summed E-state index contributed by atoms with van der Waals surface area (Å²) < 4.78 is 6.29. The lowest BCUT2D eigenvalue weighted by Gasteiger charge is -2.55. The Bertz CT molecular complexity index is 981. The van der Waals surface area contributed by atoms with Gasteiger partial charge in [0.05, 0.1) is 19.1 Å². The van der Waals surface area contributed by atoms with Crippen LogP contribution in [0.15, 0.2) is 48.5 Å². The van der Waals surface area contributed by atoms with Gasteiger partial charge in [0.1, 0.15) is 11.5 Å². The van der Waals surface area contributed by atoms with Gasteiger partial charge in [-0.25, -0.2) is 0 Å². The van der Waals surface area contributed by atoms with Crippen LogP contribution in [0.25, 0.3) is 0 Å². The van der Waals surface area contributed by atoms with Crippen LogP contribution in [-0.4, -0.2) is 41.3 Å². The monoisotopic (exact) mass is 435 g/mol. The van der Waals surface area contributed by atoms with Crippen molar-refractivity contribution in [3.63, 3.8) is 0 Å². The van der Waals surface area contributed by atoms with Crippen molar-refractivity contribution in [3.05, 3.63) is 70.8 Å². The first-order valence-corrected chi connectivity index (χ1v) is 11.6. The SMILES string of the molecule is O=C(NC1CCCCC1)C1C2c3ccccc3C(OCCO)(c3ccccc32)C1C(=O)O. The molecule has 2 atom stereocenters. The summed E-state index contributed by atoms with van der Waals surface area (Å²) in [5.41, 5.74) is 2.11. The molecule has 0 aliphatic heterocycles. The fourth-order valence-corrected chi connectivity index (χ4v) is 6.32. The van der Waals surface area contributed by atoms with Crippen LogP contribution in [0, 0.1) is 11.8 Å². The summed E-state index contributed by atoms with van der Waals surface area (Å²) in [7, 11) is 0. The largest absolute Gasteiger partial charge is 0.481 e. The van der Waals surface area contributed by atoms with Crippen LogP contribution in [0.1, 0.15) is 60.3 Å². The number of benzene rings is 2. The summed E-state index contributed by atoms with van der Waals surface area (Å²) >= 11 is 0. The van der Waals surface area contributed by atoms with Gasteiger partial charge >= 0.3 is 5.97 Å². The predicted octanol–water partition coefficient (Wildman–Crippen LogP) is 3.16. The van der Waals surface area contributed by atoms with Crippen molar-refractivity contribution in [1.82, 2.24) is 5.32 Å². The molecule has 0 spiro atoms. The van der Waals surface area contributed by atoms with E-state index in [9.17, 15) is 19.8 Å². The maximum atomic E-state index is 13.7. The van der Waals surface area contributed by atoms with E-state index in [2.05, 4.69) is 5.32 Å². The van der Waals surface area contributed by atoms with E-state index >= 15 is 0 Å². The molecule has 2 unspecified atom stereocenters. The first-order valence-electron chi connectivity index (χ1n) is 11.6. The number of aliphatic hydroxyl groups is 1. The molecule has 0 saturated heterocycles. The third-order valence-electron chi connectivity index (χ3n) is 7.49. The van der Waals surface area contributed by atoms with Crippen molar-refractivity contribution in [2.24, 2.45) is 11.8 Å². The molecule has 6 rings (SSSR count). The van der Waals surface area contributed by atoms with Gasteiger partial charge in [0, 0.05) is 12.0 Å². The highest BCUT2D eigenvalue weighted by atomic mass is 16.5. The smallest absolute Gasteiger partial charge is 0.311 e. The molecule has 168 valence electrons. The van der Waals surface area contributed by atoms with E-state index in [0.29, 0.717) is 0 Å². The van der Waals surface area contributed by atoms with Gasteiger partial charge in [-0.3, -0.25) is 9.59 Å². The quantitative estimate of drug-likeness (QED) is 0.648. The second-order valence-electron chi connectivity index (χ2n) is 9.15. The highest BCUT2D eigenvalue weighted by Gasteiger charge is 2.64. The standard InChI is InChI=1S/C26H29NO5/c28-14-15-32-26-19-12-6-4-10-17(19)21(18-11-5-7-13-20(18)26)22(23(26)25(30)31)24(29)27-16-8-2-1-3-9-16/h4-7,10-13,16,21-23,28H,1-3,8-9,14-15H2,(H,27,29)(H,30,31).